The Morgan fingerprint density at radius 2 is 1.72 bits per heavy atom. The molecule has 0 atom stereocenters. The molecule has 0 unspecified atom stereocenters. The summed E-state index contributed by atoms with van der Waals surface area (Å²) in [7, 11) is 1.68. The highest BCUT2D eigenvalue weighted by atomic mass is 35.5. The van der Waals surface area contributed by atoms with Gasteiger partial charge in [0.15, 0.2) is 0 Å². The third-order valence-corrected chi connectivity index (χ3v) is 4.75. The summed E-state index contributed by atoms with van der Waals surface area (Å²) < 4.78 is 32.3. The summed E-state index contributed by atoms with van der Waals surface area (Å²) in [5.41, 5.74) is 1.83. The zero-order chi connectivity index (χ0) is 21.0. The number of nitrogens with one attached hydrogen (secondary N) is 1. The van der Waals surface area contributed by atoms with Gasteiger partial charge in [-0.3, -0.25) is 9.48 Å². The molecule has 3 aromatic rings. The van der Waals surface area contributed by atoms with Crippen LogP contribution in [0.5, 0.6) is 11.5 Å². The van der Waals surface area contributed by atoms with Crippen LogP contribution in [-0.2, 0) is 20.0 Å². The Balaban J connectivity index is 1.59. The molecule has 0 saturated carbocycles. The zero-order valence-electron chi connectivity index (χ0n) is 16.0. The molecule has 0 fully saturated rings. The second-order valence-corrected chi connectivity index (χ2v) is 6.76. The van der Waals surface area contributed by atoms with Gasteiger partial charge in [-0.25, -0.2) is 8.78 Å². The van der Waals surface area contributed by atoms with Crippen molar-refractivity contribution >= 4 is 17.5 Å². The summed E-state index contributed by atoms with van der Waals surface area (Å²) in [5.74, 6) is 0.726. The Kier molecular flexibility index (Phi) is 6.49. The Labute approximate surface area is 172 Å². The molecule has 1 N–H and O–H groups in total. The lowest BCUT2D eigenvalue weighted by atomic mass is 10.2. The Hall–Kier alpha value is -2.93. The number of ether oxygens (including phenoxy) is 1. The van der Waals surface area contributed by atoms with Crippen LogP contribution in [0.25, 0.3) is 0 Å². The van der Waals surface area contributed by atoms with E-state index >= 15 is 0 Å². The number of amides is 1. The molecule has 1 heterocycles. The summed E-state index contributed by atoms with van der Waals surface area (Å²) in [5, 5.41) is 7.43. The summed E-state index contributed by atoms with van der Waals surface area (Å²) in [6.07, 6.45) is -1.86. The van der Waals surface area contributed by atoms with Crippen LogP contribution in [0.15, 0.2) is 48.5 Å². The number of carbonyl (C=O) groups excluding carboxylic acids is 1. The van der Waals surface area contributed by atoms with Crippen molar-refractivity contribution < 1.29 is 18.3 Å². The standard InChI is InChI=1S/C21H20ClF2N3O2/c1-3-17-18(22)19(27(2)26-17)21(28)25-12-13-4-8-15(9-5-13)29-16-10-6-14(7-11-16)20(23)24/h4-11,20H,3,12H2,1-2H3,(H,25,28). The molecule has 1 aromatic heterocycles. The van der Waals surface area contributed by atoms with Crippen LogP contribution in [0.3, 0.4) is 0 Å². The molecule has 0 aliphatic carbocycles. The minimum Gasteiger partial charge on any atom is -0.457 e. The highest BCUT2D eigenvalue weighted by Crippen LogP contribution is 2.25. The van der Waals surface area contributed by atoms with Crippen molar-refractivity contribution in [1.29, 1.82) is 0 Å². The number of hydrogen-bond acceptors (Lipinski definition) is 3. The Morgan fingerprint density at radius 3 is 2.24 bits per heavy atom. The van der Waals surface area contributed by atoms with E-state index in [2.05, 4.69) is 10.4 Å². The van der Waals surface area contributed by atoms with E-state index in [4.69, 9.17) is 16.3 Å². The lowest BCUT2D eigenvalue weighted by molar-refractivity contribution is 0.0941. The predicted molar refractivity (Wildman–Crippen MR) is 107 cm³/mol. The maximum atomic E-state index is 12.6. The first kappa shape index (κ1) is 20.8. The van der Waals surface area contributed by atoms with Crippen molar-refractivity contribution in [3.63, 3.8) is 0 Å². The topological polar surface area (TPSA) is 56.2 Å². The minimum absolute atomic E-state index is 0.0528. The smallest absolute Gasteiger partial charge is 0.271 e. The van der Waals surface area contributed by atoms with Gasteiger partial charge in [-0.2, -0.15) is 5.10 Å². The summed E-state index contributed by atoms with van der Waals surface area (Å²) in [6.45, 7) is 2.23. The normalized spacial score (nSPS) is 11.0. The van der Waals surface area contributed by atoms with Gasteiger partial charge >= 0.3 is 0 Å². The average molecular weight is 420 g/mol. The number of hydrogen-bond donors (Lipinski definition) is 1. The van der Waals surface area contributed by atoms with Crippen LogP contribution >= 0.6 is 11.6 Å². The fourth-order valence-corrected chi connectivity index (χ4v) is 3.16. The van der Waals surface area contributed by atoms with Crippen LogP contribution in [0.4, 0.5) is 8.78 Å². The van der Waals surface area contributed by atoms with E-state index < -0.39 is 6.43 Å². The molecule has 0 aliphatic heterocycles. The highest BCUT2D eigenvalue weighted by Gasteiger charge is 2.19. The van der Waals surface area contributed by atoms with E-state index in [1.54, 1.807) is 19.2 Å². The fraction of sp³-hybridized carbons (Fsp3) is 0.238. The quantitative estimate of drug-likeness (QED) is 0.565. The Bertz CT molecular complexity index is 986. The van der Waals surface area contributed by atoms with Crippen molar-refractivity contribution in [1.82, 2.24) is 15.1 Å². The van der Waals surface area contributed by atoms with Gasteiger partial charge in [-0.15, -0.1) is 0 Å². The number of carbonyl (C=O) groups is 1. The number of alkyl halides is 2. The second kappa shape index (κ2) is 9.05. The molecular formula is C21H20ClF2N3O2. The maximum Gasteiger partial charge on any atom is 0.271 e. The van der Waals surface area contributed by atoms with E-state index in [1.807, 2.05) is 19.1 Å². The van der Waals surface area contributed by atoms with Gasteiger partial charge < -0.3 is 10.1 Å². The first-order valence-electron chi connectivity index (χ1n) is 9.03. The molecule has 3 rings (SSSR count). The minimum atomic E-state index is -2.51. The molecule has 29 heavy (non-hydrogen) atoms. The van der Waals surface area contributed by atoms with Crippen LogP contribution in [-0.4, -0.2) is 15.7 Å². The SMILES string of the molecule is CCc1nn(C)c(C(=O)NCc2ccc(Oc3ccc(C(F)F)cc3)cc2)c1Cl. The number of rotatable bonds is 7. The highest BCUT2D eigenvalue weighted by molar-refractivity contribution is 6.34. The fourth-order valence-electron chi connectivity index (χ4n) is 2.79. The molecule has 0 saturated heterocycles. The molecule has 2 aromatic carbocycles. The lowest BCUT2D eigenvalue weighted by Crippen LogP contribution is -2.25. The largest absolute Gasteiger partial charge is 0.457 e. The van der Waals surface area contributed by atoms with Crippen molar-refractivity contribution in [2.75, 3.05) is 0 Å². The van der Waals surface area contributed by atoms with Crippen molar-refractivity contribution in [3.8, 4) is 11.5 Å². The average Bonchev–Trinajstić information content (AvgIpc) is 3.01. The Morgan fingerprint density at radius 1 is 1.14 bits per heavy atom. The van der Waals surface area contributed by atoms with Crippen molar-refractivity contribution in [2.45, 2.75) is 26.3 Å². The molecule has 0 bridgehead atoms. The molecular weight excluding hydrogens is 400 g/mol. The number of aryl methyl sites for hydroxylation is 2. The molecule has 0 aliphatic rings. The van der Waals surface area contributed by atoms with E-state index in [9.17, 15) is 13.6 Å². The van der Waals surface area contributed by atoms with Gasteiger partial charge in [0.1, 0.15) is 17.2 Å². The number of halogens is 3. The van der Waals surface area contributed by atoms with Gasteiger partial charge in [0, 0.05) is 19.2 Å². The third-order valence-electron chi connectivity index (χ3n) is 4.35. The van der Waals surface area contributed by atoms with Crippen molar-refractivity contribution in [2.24, 2.45) is 7.05 Å². The number of benzene rings is 2. The monoisotopic (exact) mass is 419 g/mol. The molecule has 1 amide bonds. The lowest BCUT2D eigenvalue weighted by Gasteiger charge is -2.09. The molecule has 5 nitrogen and oxygen atoms in total. The maximum absolute atomic E-state index is 12.6. The number of aromatic nitrogens is 2. The third kappa shape index (κ3) is 4.92. The van der Waals surface area contributed by atoms with Gasteiger partial charge in [0.2, 0.25) is 0 Å². The molecule has 152 valence electrons. The van der Waals surface area contributed by atoms with Crippen molar-refractivity contribution in [3.05, 3.63) is 76.1 Å². The van der Waals surface area contributed by atoms with E-state index in [1.165, 1.54) is 28.9 Å². The van der Waals surface area contributed by atoms with Gasteiger partial charge in [0.25, 0.3) is 12.3 Å². The summed E-state index contributed by atoms with van der Waals surface area (Å²) >= 11 is 6.23. The summed E-state index contributed by atoms with van der Waals surface area (Å²) in [6, 6.07) is 12.8. The van der Waals surface area contributed by atoms with Crippen LogP contribution in [0, 0.1) is 0 Å². The zero-order valence-corrected chi connectivity index (χ0v) is 16.7. The van der Waals surface area contributed by atoms with Crippen LogP contribution in [0.1, 0.15) is 40.7 Å². The first-order valence-corrected chi connectivity index (χ1v) is 9.41. The molecule has 0 spiro atoms. The van der Waals surface area contributed by atoms with Gasteiger partial charge in [-0.1, -0.05) is 30.7 Å². The molecule has 0 radical (unpaired) electrons. The van der Waals surface area contributed by atoms with Gasteiger partial charge in [0.05, 0.1) is 10.7 Å². The first-order chi connectivity index (χ1) is 13.9. The second-order valence-electron chi connectivity index (χ2n) is 6.38. The number of nitrogens with zero attached hydrogens (tertiary/aromatic N) is 2. The van der Waals surface area contributed by atoms with E-state index in [0.29, 0.717) is 40.9 Å². The van der Waals surface area contributed by atoms with E-state index in [0.717, 1.165) is 5.56 Å². The van der Waals surface area contributed by atoms with E-state index in [-0.39, 0.29) is 11.5 Å². The van der Waals surface area contributed by atoms with Crippen LogP contribution < -0.4 is 10.1 Å². The summed E-state index contributed by atoms with van der Waals surface area (Å²) in [4.78, 5) is 12.4. The molecule has 8 heteroatoms. The predicted octanol–water partition coefficient (Wildman–Crippen LogP) is 5.30. The van der Waals surface area contributed by atoms with Gasteiger partial charge in [-0.05, 0) is 48.4 Å². The van der Waals surface area contributed by atoms with Crippen LogP contribution in [0.2, 0.25) is 5.02 Å².